The minimum atomic E-state index is -0.856. The van der Waals surface area contributed by atoms with E-state index in [1.54, 1.807) is 7.11 Å². The van der Waals surface area contributed by atoms with Crippen molar-refractivity contribution in [3.63, 3.8) is 0 Å². The van der Waals surface area contributed by atoms with Crippen LogP contribution in [0.25, 0.3) is 0 Å². The largest absolute Gasteiger partial charge is 0.497 e. The fraction of sp³-hybridized carbons (Fsp3) is 0.632. The van der Waals surface area contributed by atoms with Gasteiger partial charge < -0.3 is 24.1 Å². The van der Waals surface area contributed by atoms with Gasteiger partial charge in [0.15, 0.2) is 5.79 Å². The van der Waals surface area contributed by atoms with E-state index in [2.05, 4.69) is 0 Å². The van der Waals surface area contributed by atoms with Gasteiger partial charge in [-0.15, -0.1) is 0 Å². The third-order valence-corrected chi connectivity index (χ3v) is 4.12. The van der Waals surface area contributed by atoms with Crippen LogP contribution >= 0.6 is 0 Å². The van der Waals surface area contributed by atoms with E-state index >= 15 is 0 Å². The second-order valence-electron chi connectivity index (χ2n) is 6.92. The second kappa shape index (κ2) is 8.65. The number of ether oxygens (including phenoxy) is 4. The van der Waals surface area contributed by atoms with Crippen LogP contribution in [0.2, 0.25) is 0 Å². The van der Waals surface area contributed by atoms with Crippen LogP contribution in [0.15, 0.2) is 24.3 Å². The van der Waals surface area contributed by atoms with Gasteiger partial charge in [-0.3, -0.25) is 4.79 Å². The highest BCUT2D eigenvalue weighted by atomic mass is 16.7. The number of carboxylic acid groups (broad SMARTS) is 1. The van der Waals surface area contributed by atoms with Crippen molar-refractivity contribution in [2.75, 3.05) is 7.11 Å². The maximum Gasteiger partial charge on any atom is 0.305 e. The van der Waals surface area contributed by atoms with Gasteiger partial charge in [-0.2, -0.15) is 0 Å². The number of aliphatic carboxylic acids is 1. The molecule has 1 aliphatic heterocycles. The van der Waals surface area contributed by atoms with Crippen LogP contribution in [-0.4, -0.2) is 42.3 Å². The molecular formula is C19H28O6. The third-order valence-electron chi connectivity index (χ3n) is 4.12. The lowest BCUT2D eigenvalue weighted by atomic mass is 10.0. The van der Waals surface area contributed by atoms with Crippen LogP contribution in [0.5, 0.6) is 5.75 Å². The molecule has 0 spiro atoms. The Balaban J connectivity index is 1.83. The van der Waals surface area contributed by atoms with Crippen molar-refractivity contribution in [2.45, 2.75) is 70.7 Å². The standard InChI is InChI=1S/C19H28O6/c1-13(23-12-14-5-7-15(22-4)8-6-14)9-16-10-17(11-18(20)21)25-19(2,3)24-16/h5-8,13,16-17H,9-12H2,1-4H3,(H,20,21). The van der Waals surface area contributed by atoms with Gasteiger partial charge in [-0.05, 0) is 44.9 Å². The molecule has 1 aliphatic rings. The number of carbonyl (C=O) groups is 1. The molecule has 1 heterocycles. The highest BCUT2D eigenvalue weighted by Gasteiger charge is 2.36. The van der Waals surface area contributed by atoms with Crippen LogP contribution < -0.4 is 4.74 Å². The summed E-state index contributed by atoms with van der Waals surface area (Å²) in [5.41, 5.74) is 1.07. The van der Waals surface area contributed by atoms with E-state index in [9.17, 15) is 4.79 Å². The molecule has 0 saturated carbocycles. The van der Waals surface area contributed by atoms with Crippen LogP contribution in [0.3, 0.4) is 0 Å². The lowest BCUT2D eigenvalue weighted by molar-refractivity contribution is -0.303. The topological polar surface area (TPSA) is 74.2 Å². The molecule has 25 heavy (non-hydrogen) atoms. The van der Waals surface area contributed by atoms with E-state index < -0.39 is 11.8 Å². The summed E-state index contributed by atoms with van der Waals surface area (Å²) in [4.78, 5) is 11.0. The van der Waals surface area contributed by atoms with Gasteiger partial charge in [0.25, 0.3) is 0 Å². The quantitative estimate of drug-likeness (QED) is 0.773. The predicted molar refractivity (Wildman–Crippen MR) is 92.6 cm³/mol. The maximum atomic E-state index is 11.0. The highest BCUT2D eigenvalue weighted by molar-refractivity contribution is 5.67. The molecule has 0 amide bonds. The Morgan fingerprint density at radius 3 is 2.52 bits per heavy atom. The number of benzene rings is 1. The van der Waals surface area contributed by atoms with E-state index in [4.69, 9.17) is 24.1 Å². The van der Waals surface area contributed by atoms with Crippen molar-refractivity contribution >= 4 is 5.97 Å². The summed E-state index contributed by atoms with van der Waals surface area (Å²) in [7, 11) is 1.64. The van der Waals surface area contributed by atoms with Crippen LogP contribution in [0, 0.1) is 0 Å². The van der Waals surface area contributed by atoms with Gasteiger partial charge in [0.2, 0.25) is 0 Å². The lowest BCUT2D eigenvalue weighted by Gasteiger charge is -2.41. The molecule has 1 saturated heterocycles. The molecule has 2 rings (SSSR count). The van der Waals surface area contributed by atoms with Gasteiger partial charge in [-0.25, -0.2) is 0 Å². The van der Waals surface area contributed by atoms with Crippen LogP contribution in [0.1, 0.15) is 45.6 Å². The number of carboxylic acids is 1. The summed E-state index contributed by atoms with van der Waals surface area (Å²) in [6, 6.07) is 7.76. The summed E-state index contributed by atoms with van der Waals surface area (Å²) in [6.07, 6.45) is 0.820. The van der Waals surface area contributed by atoms with Gasteiger partial charge >= 0.3 is 5.97 Å². The van der Waals surface area contributed by atoms with Crippen molar-refractivity contribution in [2.24, 2.45) is 0 Å². The van der Waals surface area contributed by atoms with Crippen molar-refractivity contribution in [1.82, 2.24) is 0 Å². The first-order valence-corrected chi connectivity index (χ1v) is 8.59. The molecule has 6 nitrogen and oxygen atoms in total. The van der Waals surface area contributed by atoms with E-state index in [0.29, 0.717) is 19.4 Å². The van der Waals surface area contributed by atoms with Crippen molar-refractivity contribution < 1.29 is 28.8 Å². The minimum absolute atomic E-state index is 0.00789. The molecule has 3 unspecified atom stereocenters. The summed E-state index contributed by atoms with van der Waals surface area (Å²) in [5, 5.41) is 9.00. The number of hydrogen-bond acceptors (Lipinski definition) is 5. The Morgan fingerprint density at radius 2 is 1.92 bits per heavy atom. The van der Waals surface area contributed by atoms with E-state index in [0.717, 1.165) is 11.3 Å². The summed E-state index contributed by atoms with van der Waals surface area (Å²) in [5.74, 6) is -0.817. The van der Waals surface area contributed by atoms with Crippen molar-refractivity contribution in [3.8, 4) is 5.75 Å². The SMILES string of the molecule is COc1ccc(COC(C)CC2CC(CC(=O)O)OC(C)(C)O2)cc1. The highest BCUT2D eigenvalue weighted by Crippen LogP contribution is 2.30. The molecular weight excluding hydrogens is 324 g/mol. The number of methoxy groups -OCH3 is 1. The zero-order chi connectivity index (χ0) is 18.4. The van der Waals surface area contributed by atoms with E-state index in [-0.39, 0.29) is 24.7 Å². The average molecular weight is 352 g/mol. The molecule has 0 aliphatic carbocycles. The fourth-order valence-corrected chi connectivity index (χ4v) is 3.08. The van der Waals surface area contributed by atoms with E-state index in [1.165, 1.54) is 0 Å². The number of hydrogen-bond donors (Lipinski definition) is 1. The maximum absolute atomic E-state index is 11.0. The monoisotopic (exact) mass is 352 g/mol. The van der Waals surface area contributed by atoms with Gasteiger partial charge in [0, 0.05) is 6.42 Å². The zero-order valence-electron chi connectivity index (χ0n) is 15.4. The first kappa shape index (κ1) is 19.7. The van der Waals surface area contributed by atoms with Crippen LogP contribution in [0.4, 0.5) is 0 Å². The van der Waals surface area contributed by atoms with E-state index in [1.807, 2.05) is 45.0 Å². The Hall–Kier alpha value is -1.63. The molecule has 140 valence electrons. The molecule has 0 radical (unpaired) electrons. The van der Waals surface area contributed by atoms with Gasteiger partial charge in [0.1, 0.15) is 5.75 Å². The first-order valence-electron chi connectivity index (χ1n) is 8.59. The van der Waals surface area contributed by atoms with Gasteiger partial charge in [-0.1, -0.05) is 12.1 Å². The lowest BCUT2D eigenvalue weighted by Crippen LogP contribution is -2.46. The van der Waals surface area contributed by atoms with Crippen molar-refractivity contribution in [1.29, 1.82) is 0 Å². The Labute approximate surface area is 149 Å². The zero-order valence-corrected chi connectivity index (χ0v) is 15.4. The molecule has 3 atom stereocenters. The summed E-state index contributed by atoms with van der Waals surface area (Å²) < 4.78 is 22.7. The smallest absolute Gasteiger partial charge is 0.305 e. The third kappa shape index (κ3) is 6.65. The Bertz CT molecular complexity index is 554. The van der Waals surface area contributed by atoms with Gasteiger partial charge in [0.05, 0.1) is 38.4 Å². The van der Waals surface area contributed by atoms with Crippen molar-refractivity contribution in [3.05, 3.63) is 29.8 Å². The molecule has 1 aromatic rings. The summed E-state index contributed by atoms with van der Waals surface area (Å²) >= 11 is 0. The number of rotatable bonds is 8. The molecule has 0 bridgehead atoms. The molecule has 0 aromatic heterocycles. The molecule has 1 aromatic carbocycles. The predicted octanol–water partition coefficient (Wildman–Crippen LogP) is 3.38. The normalized spacial score (nSPS) is 23.8. The molecule has 1 fully saturated rings. The summed E-state index contributed by atoms with van der Waals surface area (Å²) in [6.45, 7) is 6.14. The Kier molecular flexibility index (Phi) is 6.81. The Morgan fingerprint density at radius 1 is 1.28 bits per heavy atom. The molecule has 6 heteroatoms. The molecule has 1 N–H and O–H groups in total. The second-order valence-corrected chi connectivity index (χ2v) is 6.92. The average Bonchev–Trinajstić information content (AvgIpc) is 2.51. The van der Waals surface area contributed by atoms with Crippen LogP contribution in [-0.2, 0) is 25.6 Å². The first-order chi connectivity index (χ1) is 11.8. The fourth-order valence-electron chi connectivity index (χ4n) is 3.08. The minimum Gasteiger partial charge on any atom is -0.497 e.